The molecule has 1 aliphatic heterocycles. The molecule has 1 saturated heterocycles. The topological polar surface area (TPSA) is 101 Å². The molecule has 2 aromatic rings. The second-order valence-electron chi connectivity index (χ2n) is 8.47. The number of nitrogens with two attached hydrogens (primary N) is 1. The summed E-state index contributed by atoms with van der Waals surface area (Å²) in [5.41, 5.74) is 4.25. The first-order valence-electron chi connectivity index (χ1n) is 10.2. The van der Waals surface area contributed by atoms with E-state index in [1.807, 2.05) is 4.90 Å². The Bertz CT molecular complexity index is 1010. The molecule has 0 saturated carbocycles. The number of hydrogen-bond acceptors (Lipinski definition) is 6. The van der Waals surface area contributed by atoms with Crippen molar-refractivity contribution in [3.05, 3.63) is 29.7 Å². The van der Waals surface area contributed by atoms with E-state index in [1.165, 1.54) is 23.6 Å². The minimum Gasteiger partial charge on any atom is -0.370 e. The van der Waals surface area contributed by atoms with Gasteiger partial charge in [-0.05, 0) is 57.9 Å². The molecule has 1 fully saturated rings. The van der Waals surface area contributed by atoms with Crippen molar-refractivity contribution < 1.29 is 22.8 Å². The highest BCUT2D eigenvalue weighted by Gasteiger charge is 2.49. The molecular formula is C21H26F3N5O2S. The number of carbonyl (C=O) groups excluding carboxylic acids is 2. The maximum Gasteiger partial charge on any atom is 0.399 e. The maximum atomic E-state index is 13.4. The fourth-order valence-electron chi connectivity index (χ4n) is 3.69. The average molecular weight is 470 g/mol. The highest BCUT2D eigenvalue weighted by Crippen LogP contribution is 2.41. The van der Waals surface area contributed by atoms with Crippen LogP contribution < -0.4 is 11.1 Å². The van der Waals surface area contributed by atoms with Gasteiger partial charge < -0.3 is 11.1 Å². The molecule has 3 N–H and O–H groups in total. The highest BCUT2D eigenvalue weighted by molar-refractivity contribution is 7.19. The molecule has 1 aliphatic rings. The number of nitrogens with one attached hydrogen (secondary N) is 1. The number of alkyl halides is 3. The zero-order chi connectivity index (χ0) is 23.7. The minimum absolute atomic E-state index is 0.0425. The summed E-state index contributed by atoms with van der Waals surface area (Å²) in [6.45, 7) is 4.75. The lowest BCUT2D eigenvalue weighted by Crippen LogP contribution is -2.38. The summed E-state index contributed by atoms with van der Waals surface area (Å²) in [5, 5.41) is 3.12. The number of anilines is 1. The Balaban J connectivity index is 1.74. The molecule has 3 heterocycles. The van der Waals surface area contributed by atoms with Crippen molar-refractivity contribution in [3.8, 4) is 10.4 Å². The second-order valence-corrected chi connectivity index (χ2v) is 9.47. The summed E-state index contributed by atoms with van der Waals surface area (Å²) in [4.78, 5) is 34.6. The predicted octanol–water partition coefficient (Wildman–Crippen LogP) is 3.63. The minimum atomic E-state index is -4.44. The normalized spacial score (nSPS) is 17.5. The molecule has 2 aromatic heterocycles. The number of thiazole rings is 1. The van der Waals surface area contributed by atoms with Crippen LogP contribution in [-0.4, -0.2) is 52.0 Å². The molecule has 1 atom stereocenters. The van der Waals surface area contributed by atoms with Crippen LogP contribution in [0.2, 0.25) is 0 Å². The number of nitrogens with zero attached hydrogens (tertiary/aromatic N) is 3. The molecule has 0 unspecified atom stereocenters. The van der Waals surface area contributed by atoms with E-state index in [1.54, 1.807) is 13.0 Å². The smallest absolute Gasteiger partial charge is 0.370 e. The van der Waals surface area contributed by atoms with E-state index in [0.29, 0.717) is 27.8 Å². The summed E-state index contributed by atoms with van der Waals surface area (Å²) in [5.74, 6) is -0.664. The van der Waals surface area contributed by atoms with Crippen LogP contribution in [0.5, 0.6) is 0 Å². The van der Waals surface area contributed by atoms with Crippen molar-refractivity contribution in [3.63, 3.8) is 0 Å². The van der Waals surface area contributed by atoms with Gasteiger partial charge in [-0.1, -0.05) is 11.3 Å². The van der Waals surface area contributed by atoms with Crippen molar-refractivity contribution in [1.29, 1.82) is 0 Å². The molecule has 0 bridgehead atoms. The SMILES string of the molecule is Cc1nc(NC(=O)CN2CCC[C@H]2CC(N)=O)sc1-c1ccnc(C(C)(C)C(F)(F)F)c1. The van der Waals surface area contributed by atoms with E-state index < -0.39 is 17.5 Å². The zero-order valence-corrected chi connectivity index (χ0v) is 18.9. The fraction of sp³-hybridized carbons (Fsp3) is 0.524. The molecule has 3 rings (SSSR count). The Hall–Kier alpha value is -2.53. The first-order chi connectivity index (χ1) is 14.9. The summed E-state index contributed by atoms with van der Waals surface area (Å²) in [7, 11) is 0. The Kier molecular flexibility index (Phi) is 6.89. The number of primary amides is 1. The van der Waals surface area contributed by atoms with E-state index in [0.717, 1.165) is 26.7 Å². The number of halogens is 3. The summed E-state index contributed by atoms with van der Waals surface area (Å²) in [6.07, 6.45) is -1.17. The van der Waals surface area contributed by atoms with Crippen LogP contribution in [0.4, 0.5) is 18.3 Å². The van der Waals surface area contributed by atoms with Crippen LogP contribution in [0.3, 0.4) is 0 Å². The van der Waals surface area contributed by atoms with Crippen LogP contribution in [0.1, 0.15) is 44.5 Å². The molecular weight excluding hydrogens is 443 g/mol. The van der Waals surface area contributed by atoms with Gasteiger partial charge in [0.05, 0.1) is 22.8 Å². The van der Waals surface area contributed by atoms with Crippen molar-refractivity contribution in [2.24, 2.45) is 5.73 Å². The van der Waals surface area contributed by atoms with Crippen molar-refractivity contribution >= 4 is 28.3 Å². The van der Waals surface area contributed by atoms with E-state index in [4.69, 9.17) is 5.73 Å². The van der Waals surface area contributed by atoms with Crippen molar-refractivity contribution in [1.82, 2.24) is 14.9 Å². The number of carbonyl (C=O) groups is 2. The van der Waals surface area contributed by atoms with Gasteiger partial charge in [-0.3, -0.25) is 19.5 Å². The number of hydrogen-bond donors (Lipinski definition) is 2. The molecule has 0 radical (unpaired) electrons. The van der Waals surface area contributed by atoms with E-state index in [-0.39, 0.29) is 30.6 Å². The van der Waals surface area contributed by atoms with Gasteiger partial charge in [0, 0.05) is 18.7 Å². The molecule has 0 aliphatic carbocycles. The van der Waals surface area contributed by atoms with Crippen molar-refractivity contribution in [2.45, 2.75) is 57.7 Å². The van der Waals surface area contributed by atoms with Crippen LogP contribution in [-0.2, 0) is 15.0 Å². The number of pyridine rings is 1. The molecule has 174 valence electrons. The van der Waals surface area contributed by atoms with Crippen molar-refractivity contribution in [2.75, 3.05) is 18.4 Å². The highest BCUT2D eigenvalue weighted by atomic mass is 32.1. The van der Waals surface area contributed by atoms with E-state index in [2.05, 4.69) is 15.3 Å². The molecule has 7 nitrogen and oxygen atoms in total. The summed E-state index contributed by atoms with van der Waals surface area (Å²) in [6, 6.07) is 3.00. The maximum absolute atomic E-state index is 13.4. The molecule has 11 heteroatoms. The average Bonchev–Trinajstić information content (AvgIpc) is 3.26. The Morgan fingerprint density at radius 1 is 1.34 bits per heavy atom. The van der Waals surface area contributed by atoms with Gasteiger partial charge >= 0.3 is 6.18 Å². The Labute approximate surface area is 188 Å². The number of aromatic nitrogens is 2. The fourth-order valence-corrected chi connectivity index (χ4v) is 4.67. The zero-order valence-electron chi connectivity index (χ0n) is 18.1. The van der Waals surface area contributed by atoms with Gasteiger partial charge in [-0.25, -0.2) is 4.98 Å². The molecule has 2 amide bonds. The molecule has 0 spiro atoms. The van der Waals surface area contributed by atoms with Crippen LogP contribution in [0, 0.1) is 6.92 Å². The summed E-state index contributed by atoms with van der Waals surface area (Å²) < 4.78 is 40.3. The Morgan fingerprint density at radius 2 is 2.06 bits per heavy atom. The number of amides is 2. The number of aryl methyl sites for hydroxylation is 1. The van der Waals surface area contributed by atoms with Gasteiger partial charge in [0.1, 0.15) is 5.41 Å². The quantitative estimate of drug-likeness (QED) is 0.645. The third kappa shape index (κ3) is 5.26. The largest absolute Gasteiger partial charge is 0.399 e. The molecule has 32 heavy (non-hydrogen) atoms. The van der Waals surface area contributed by atoms with Crippen LogP contribution in [0.15, 0.2) is 18.3 Å². The van der Waals surface area contributed by atoms with Gasteiger partial charge in [-0.15, -0.1) is 0 Å². The lowest BCUT2D eigenvalue weighted by atomic mass is 9.87. The third-order valence-corrected chi connectivity index (χ3v) is 6.82. The van der Waals surface area contributed by atoms with Crippen LogP contribution in [0.25, 0.3) is 10.4 Å². The monoisotopic (exact) mass is 469 g/mol. The third-order valence-electron chi connectivity index (χ3n) is 5.70. The van der Waals surface area contributed by atoms with E-state index in [9.17, 15) is 22.8 Å². The second kappa shape index (κ2) is 9.14. The number of likely N-dealkylation sites (tertiary alicyclic amines) is 1. The van der Waals surface area contributed by atoms with Gasteiger partial charge in [-0.2, -0.15) is 13.2 Å². The van der Waals surface area contributed by atoms with E-state index >= 15 is 0 Å². The summed E-state index contributed by atoms with van der Waals surface area (Å²) >= 11 is 1.19. The predicted molar refractivity (Wildman–Crippen MR) is 116 cm³/mol. The standard InChI is InChI=1S/C21H26F3N5O2S/c1-12-18(13-6-7-26-15(9-13)20(2,3)21(22,23)24)32-19(27-12)28-17(31)11-29-8-4-5-14(29)10-16(25)30/h6-7,9,14H,4-5,8,10-11H2,1-3H3,(H2,25,30)(H,27,28,31)/t14-/m0/s1. The van der Waals surface area contributed by atoms with Gasteiger partial charge in [0.2, 0.25) is 11.8 Å². The van der Waals surface area contributed by atoms with Crippen LogP contribution >= 0.6 is 11.3 Å². The van der Waals surface area contributed by atoms with Gasteiger partial charge in [0.15, 0.2) is 5.13 Å². The lowest BCUT2D eigenvalue weighted by molar-refractivity contribution is -0.181. The lowest BCUT2D eigenvalue weighted by Gasteiger charge is -2.27. The number of rotatable bonds is 7. The molecule has 0 aromatic carbocycles. The Morgan fingerprint density at radius 3 is 2.72 bits per heavy atom. The first-order valence-corrected chi connectivity index (χ1v) is 11.0. The first kappa shape index (κ1) is 24.1. The van der Waals surface area contributed by atoms with Gasteiger partial charge in [0.25, 0.3) is 0 Å².